The van der Waals surface area contributed by atoms with E-state index in [1.165, 1.54) is 0 Å². The lowest BCUT2D eigenvalue weighted by Crippen LogP contribution is -2.48. The zero-order valence-corrected chi connectivity index (χ0v) is 17.3. The zero-order chi connectivity index (χ0) is 20.8. The van der Waals surface area contributed by atoms with Crippen LogP contribution in [0.4, 0.5) is 10.5 Å². The lowest BCUT2D eigenvalue weighted by molar-refractivity contribution is -0.117. The van der Waals surface area contributed by atoms with Crippen molar-refractivity contribution < 1.29 is 14.3 Å². The van der Waals surface area contributed by atoms with Crippen LogP contribution >= 0.6 is 0 Å². The number of carbonyl (C=O) groups is 2. The van der Waals surface area contributed by atoms with E-state index in [0.717, 1.165) is 17.0 Å². The minimum absolute atomic E-state index is 0.0126. The largest absolute Gasteiger partial charge is 0.494 e. The van der Waals surface area contributed by atoms with Crippen LogP contribution in [0.15, 0.2) is 54.6 Å². The van der Waals surface area contributed by atoms with Crippen LogP contribution in [0.3, 0.4) is 0 Å². The maximum absolute atomic E-state index is 12.9. The average molecular weight is 396 g/mol. The van der Waals surface area contributed by atoms with Crippen molar-refractivity contribution in [2.24, 2.45) is 0 Å². The molecule has 0 unspecified atom stereocenters. The smallest absolute Gasteiger partial charge is 0.318 e. The molecule has 1 fully saturated rings. The van der Waals surface area contributed by atoms with Gasteiger partial charge in [-0.2, -0.15) is 0 Å². The molecule has 6 heteroatoms. The molecule has 29 heavy (non-hydrogen) atoms. The second kappa shape index (κ2) is 9.45. The van der Waals surface area contributed by atoms with Gasteiger partial charge in [0.2, 0.25) is 5.91 Å². The monoisotopic (exact) mass is 395 g/mol. The molecule has 2 aromatic rings. The summed E-state index contributed by atoms with van der Waals surface area (Å²) >= 11 is 0. The first-order valence-corrected chi connectivity index (χ1v) is 10.1. The van der Waals surface area contributed by atoms with Crippen molar-refractivity contribution in [1.82, 2.24) is 10.2 Å². The van der Waals surface area contributed by atoms with Crippen molar-refractivity contribution in [2.75, 3.05) is 18.1 Å². The molecule has 6 nitrogen and oxygen atoms in total. The number of hydrogen-bond donors (Lipinski definition) is 1. The van der Waals surface area contributed by atoms with Crippen molar-refractivity contribution >= 4 is 17.6 Å². The van der Waals surface area contributed by atoms with Crippen LogP contribution in [0.5, 0.6) is 5.75 Å². The van der Waals surface area contributed by atoms with E-state index >= 15 is 0 Å². The quantitative estimate of drug-likeness (QED) is 0.775. The van der Waals surface area contributed by atoms with E-state index in [2.05, 4.69) is 5.32 Å². The number of ether oxygens (including phenoxy) is 1. The van der Waals surface area contributed by atoms with E-state index in [1.807, 2.05) is 75.4 Å². The molecule has 0 aliphatic carbocycles. The summed E-state index contributed by atoms with van der Waals surface area (Å²) in [5.41, 5.74) is 1.90. The first-order valence-electron chi connectivity index (χ1n) is 10.1. The molecule has 1 aliphatic rings. The van der Waals surface area contributed by atoms with Crippen molar-refractivity contribution in [2.45, 2.75) is 45.8 Å². The summed E-state index contributed by atoms with van der Waals surface area (Å²) in [6, 6.07) is 17.1. The summed E-state index contributed by atoms with van der Waals surface area (Å²) in [7, 11) is 0. The molecule has 1 heterocycles. The van der Waals surface area contributed by atoms with Crippen LogP contribution in [-0.4, -0.2) is 42.1 Å². The third-order valence-electron chi connectivity index (χ3n) is 4.99. The number of carbonyl (C=O) groups excluding carboxylic acids is 2. The van der Waals surface area contributed by atoms with Gasteiger partial charge in [0.05, 0.1) is 12.6 Å². The maximum atomic E-state index is 12.9. The molecule has 0 saturated carbocycles. The van der Waals surface area contributed by atoms with Gasteiger partial charge in [-0.3, -0.25) is 4.79 Å². The van der Waals surface area contributed by atoms with Crippen LogP contribution < -0.4 is 15.0 Å². The molecule has 1 atom stereocenters. The van der Waals surface area contributed by atoms with Gasteiger partial charge < -0.3 is 19.9 Å². The second-order valence-electron chi connectivity index (χ2n) is 7.49. The van der Waals surface area contributed by atoms with Crippen LogP contribution in [0.1, 0.15) is 32.8 Å². The number of nitrogens with one attached hydrogen (secondary N) is 1. The minimum atomic E-state index is -0.210. The highest BCUT2D eigenvalue weighted by Gasteiger charge is 2.32. The molecule has 0 spiro atoms. The Morgan fingerprint density at radius 2 is 1.86 bits per heavy atom. The first-order chi connectivity index (χ1) is 14.0. The summed E-state index contributed by atoms with van der Waals surface area (Å²) in [6.07, 6.45) is 0.302. The van der Waals surface area contributed by atoms with Crippen molar-refractivity contribution in [3.63, 3.8) is 0 Å². The van der Waals surface area contributed by atoms with Gasteiger partial charge in [0, 0.05) is 31.2 Å². The van der Waals surface area contributed by atoms with Crippen molar-refractivity contribution in [3.05, 3.63) is 60.2 Å². The number of benzene rings is 2. The third kappa shape index (κ3) is 5.28. The number of anilines is 1. The molecular weight excluding hydrogens is 366 g/mol. The molecule has 0 aromatic heterocycles. The summed E-state index contributed by atoms with van der Waals surface area (Å²) in [5, 5.41) is 3.04. The number of amides is 3. The van der Waals surface area contributed by atoms with Gasteiger partial charge in [-0.05, 0) is 50.6 Å². The average Bonchev–Trinajstić information content (AvgIpc) is 3.07. The third-order valence-corrected chi connectivity index (χ3v) is 4.99. The van der Waals surface area contributed by atoms with Crippen LogP contribution in [-0.2, 0) is 11.3 Å². The lowest BCUT2D eigenvalue weighted by Gasteiger charge is -2.28. The van der Waals surface area contributed by atoms with E-state index in [4.69, 9.17) is 4.74 Å². The molecule has 3 rings (SSSR count). The Kier molecular flexibility index (Phi) is 6.75. The molecular formula is C23H29N3O3. The van der Waals surface area contributed by atoms with Gasteiger partial charge in [-0.25, -0.2) is 4.79 Å². The Bertz CT molecular complexity index is 821. The highest BCUT2D eigenvalue weighted by Crippen LogP contribution is 2.24. The van der Waals surface area contributed by atoms with Gasteiger partial charge >= 0.3 is 6.03 Å². The standard InChI is InChI=1S/C23H29N3O3/c1-4-29-21-12-10-20(11-13-21)26-16-19(14-22(26)27)24-23(28)25(17(2)3)15-18-8-6-5-7-9-18/h5-13,17,19H,4,14-16H2,1-3H3,(H,24,28)/t19-/m1/s1. The normalized spacial score (nSPS) is 16.2. The molecule has 154 valence electrons. The predicted molar refractivity (Wildman–Crippen MR) is 114 cm³/mol. The van der Waals surface area contributed by atoms with Gasteiger partial charge in [-0.1, -0.05) is 30.3 Å². The Morgan fingerprint density at radius 1 is 1.17 bits per heavy atom. The second-order valence-corrected chi connectivity index (χ2v) is 7.49. The molecule has 0 bridgehead atoms. The van der Waals surface area contributed by atoms with Crippen LogP contribution in [0.2, 0.25) is 0 Å². The number of hydrogen-bond acceptors (Lipinski definition) is 3. The van der Waals surface area contributed by atoms with E-state index < -0.39 is 0 Å². The van der Waals surface area contributed by atoms with Gasteiger partial charge in [0.15, 0.2) is 0 Å². The highest BCUT2D eigenvalue weighted by molar-refractivity contribution is 5.96. The number of nitrogens with zero attached hydrogens (tertiary/aromatic N) is 2. The summed E-state index contributed by atoms with van der Waals surface area (Å²) in [5.74, 6) is 0.792. The Hall–Kier alpha value is -3.02. The van der Waals surface area contributed by atoms with Crippen LogP contribution in [0.25, 0.3) is 0 Å². The lowest BCUT2D eigenvalue weighted by atomic mass is 10.2. The van der Waals surface area contributed by atoms with E-state index in [9.17, 15) is 9.59 Å². The number of urea groups is 1. The fourth-order valence-electron chi connectivity index (χ4n) is 3.47. The molecule has 1 saturated heterocycles. The maximum Gasteiger partial charge on any atom is 0.318 e. The highest BCUT2D eigenvalue weighted by atomic mass is 16.5. The van der Waals surface area contributed by atoms with Gasteiger partial charge in [-0.15, -0.1) is 0 Å². The Labute approximate surface area is 172 Å². The SMILES string of the molecule is CCOc1ccc(N2C[C@H](NC(=O)N(Cc3ccccc3)C(C)C)CC2=O)cc1. The van der Waals surface area contributed by atoms with E-state index in [1.54, 1.807) is 9.80 Å². The van der Waals surface area contributed by atoms with Crippen molar-refractivity contribution in [3.8, 4) is 5.75 Å². The summed E-state index contributed by atoms with van der Waals surface area (Å²) in [4.78, 5) is 28.9. The van der Waals surface area contributed by atoms with E-state index in [0.29, 0.717) is 26.1 Å². The fourth-order valence-corrected chi connectivity index (χ4v) is 3.47. The molecule has 2 aromatic carbocycles. The Balaban J connectivity index is 1.62. The summed E-state index contributed by atoms with van der Waals surface area (Å²) < 4.78 is 5.46. The van der Waals surface area contributed by atoms with Gasteiger partial charge in [0.25, 0.3) is 0 Å². The first kappa shape index (κ1) is 20.7. The molecule has 3 amide bonds. The molecule has 0 radical (unpaired) electrons. The zero-order valence-electron chi connectivity index (χ0n) is 17.3. The topological polar surface area (TPSA) is 61.9 Å². The minimum Gasteiger partial charge on any atom is -0.494 e. The van der Waals surface area contributed by atoms with Crippen molar-refractivity contribution in [1.29, 1.82) is 0 Å². The van der Waals surface area contributed by atoms with Crippen LogP contribution in [0, 0.1) is 0 Å². The predicted octanol–water partition coefficient (Wildman–Crippen LogP) is 3.81. The van der Waals surface area contributed by atoms with Gasteiger partial charge in [0.1, 0.15) is 5.75 Å². The van der Waals surface area contributed by atoms with E-state index in [-0.39, 0.29) is 24.0 Å². The Morgan fingerprint density at radius 3 is 2.48 bits per heavy atom. The summed E-state index contributed by atoms with van der Waals surface area (Å²) in [6.45, 7) is 7.53. The molecule has 1 N–H and O–H groups in total. The number of rotatable bonds is 7. The molecule has 1 aliphatic heterocycles. The fraction of sp³-hybridized carbons (Fsp3) is 0.391.